The number of aryl methyl sites for hydroxylation is 2. The fraction of sp³-hybridized carbons (Fsp3) is 0.308. The Labute approximate surface area is 111 Å². The van der Waals surface area contributed by atoms with Gasteiger partial charge in [-0.25, -0.2) is 0 Å². The predicted octanol–water partition coefficient (Wildman–Crippen LogP) is 2.50. The van der Waals surface area contributed by atoms with Crippen molar-refractivity contribution in [2.45, 2.75) is 20.4 Å². The third-order valence-electron chi connectivity index (χ3n) is 2.96. The van der Waals surface area contributed by atoms with Crippen molar-refractivity contribution in [3.8, 4) is 0 Å². The van der Waals surface area contributed by atoms with E-state index in [0.717, 1.165) is 17.0 Å². The van der Waals surface area contributed by atoms with Gasteiger partial charge in [-0.1, -0.05) is 6.07 Å². The lowest BCUT2D eigenvalue weighted by Crippen LogP contribution is -2.05. The van der Waals surface area contributed by atoms with Crippen LogP contribution < -0.4 is 5.32 Å². The number of nitrogens with one attached hydrogen (secondary N) is 1. The molecule has 1 aromatic heterocycles. The van der Waals surface area contributed by atoms with Gasteiger partial charge in [0.25, 0.3) is 5.69 Å². The van der Waals surface area contributed by atoms with Gasteiger partial charge in [0.05, 0.1) is 17.2 Å². The Morgan fingerprint density at radius 1 is 1.37 bits per heavy atom. The van der Waals surface area contributed by atoms with Crippen molar-refractivity contribution in [1.29, 1.82) is 0 Å². The second-order valence-electron chi connectivity index (χ2n) is 4.44. The summed E-state index contributed by atoms with van der Waals surface area (Å²) in [6.45, 7) is 4.43. The maximum atomic E-state index is 11.0. The highest BCUT2D eigenvalue weighted by atomic mass is 16.6. The molecule has 0 spiro atoms. The van der Waals surface area contributed by atoms with Gasteiger partial charge in [0, 0.05) is 18.8 Å². The van der Waals surface area contributed by atoms with E-state index in [-0.39, 0.29) is 10.6 Å². The molecule has 6 nitrogen and oxygen atoms in total. The molecule has 1 N–H and O–H groups in total. The Morgan fingerprint density at radius 2 is 2.11 bits per heavy atom. The summed E-state index contributed by atoms with van der Waals surface area (Å²) in [5.74, 6) is 0. The van der Waals surface area contributed by atoms with Crippen molar-refractivity contribution in [2.75, 3.05) is 12.4 Å². The molecule has 0 atom stereocenters. The van der Waals surface area contributed by atoms with Crippen molar-refractivity contribution in [1.82, 2.24) is 9.78 Å². The lowest BCUT2D eigenvalue weighted by Gasteiger charge is -2.07. The summed E-state index contributed by atoms with van der Waals surface area (Å²) in [6.07, 6.45) is 0. The molecular weight excluding hydrogens is 244 g/mol. The molecule has 0 aliphatic carbocycles. The second-order valence-corrected chi connectivity index (χ2v) is 4.44. The fourth-order valence-electron chi connectivity index (χ4n) is 2.05. The quantitative estimate of drug-likeness (QED) is 0.677. The van der Waals surface area contributed by atoms with Crippen LogP contribution in [0.15, 0.2) is 24.3 Å². The minimum absolute atomic E-state index is 0.0848. The number of nitro benzene ring substituents is 1. The molecule has 0 radical (unpaired) electrons. The van der Waals surface area contributed by atoms with Gasteiger partial charge in [-0.05, 0) is 31.5 Å². The molecule has 0 fully saturated rings. The fourth-order valence-corrected chi connectivity index (χ4v) is 2.05. The normalized spacial score (nSPS) is 10.5. The van der Waals surface area contributed by atoms with Crippen LogP contribution in [0.1, 0.15) is 17.0 Å². The molecule has 0 unspecified atom stereocenters. The lowest BCUT2D eigenvalue weighted by molar-refractivity contribution is -0.384. The minimum Gasteiger partial charge on any atom is -0.383 e. The van der Waals surface area contributed by atoms with Gasteiger partial charge in [-0.2, -0.15) is 5.10 Å². The zero-order valence-electron chi connectivity index (χ0n) is 11.2. The molecule has 0 saturated heterocycles. The van der Waals surface area contributed by atoms with Crippen molar-refractivity contribution >= 4 is 11.4 Å². The summed E-state index contributed by atoms with van der Waals surface area (Å²) in [7, 11) is 1.67. The first-order valence-electron chi connectivity index (χ1n) is 5.97. The molecule has 0 amide bonds. The Morgan fingerprint density at radius 3 is 2.63 bits per heavy atom. The van der Waals surface area contributed by atoms with Gasteiger partial charge in [0.15, 0.2) is 0 Å². The lowest BCUT2D eigenvalue weighted by atomic mass is 10.1. The third kappa shape index (κ3) is 2.73. The molecule has 0 aliphatic heterocycles. The number of hydrogen-bond acceptors (Lipinski definition) is 4. The summed E-state index contributed by atoms with van der Waals surface area (Å²) >= 11 is 0. The standard InChI is InChI=1S/C13H16N4O2/c1-9-6-10(2)16(15-9)8-11-4-5-12(14-3)13(7-11)17(18)19/h4-7,14H,8H2,1-3H3. The van der Waals surface area contributed by atoms with Crippen molar-refractivity contribution < 1.29 is 4.92 Å². The van der Waals surface area contributed by atoms with Gasteiger partial charge in [-0.15, -0.1) is 0 Å². The predicted molar refractivity (Wildman–Crippen MR) is 73.4 cm³/mol. The number of hydrogen-bond donors (Lipinski definition) is 1. The highest BCUT2D eigenvalue weighted by molar-refractivity contribution is 5.62. The number of anilines is 1. The molecule has 0 bridgehead atoms. The molecule has 1 heterocycles. The number of aromatic nitrogens is 2. The largest absolute Gasteiger partial charge is 0.383 e. The molecule has 2 rings (SSSR count). The van der Waals surface area contributed by atoms with Crippen LogP contribution in [0.2, 0.25) is 0 Å². The van der Waals surface area contributed by atoms with Crippen molar-refractivity contribution in [2.24, 2.45) is 0 Å². The maximum Gasteiger partial charge on any atom is 0.292 e. The van der Waals surface area contributed by atoms with Gasteiger partial charge >= 0.3 is 0 Å². The number of nitro groups is 1. The molecule has 0 aliphatic rings. The van der Waals surface area contributed by atoms with E-state index in [0.29, 0.717) is 12.2 Å². The van der Waals surface area contributed by atoms with E-state index in [4.69, 9.17) is 0 Å². The summed E-state index contributed by atoms with van der Waals surface area (Å²) in [5, 5.41) is 18.2. The smallest absolute Gasteiger partial charge is 0.292 e. The number of benzene rings is 1. The summed E-state index contributed by atoms with van der Waals surface area (Å²) in [6, 6.07) is 7.16. The van der Waals surface area contributed by atoms with E-state index in [1.165, 1.54) is 0 Å². The Bertz CT molecular complexity index is 619. The summed E-state index contributed by atoms with van der Waals surface area (Å²) in [4.78, 5) is 10.6. The molecule has 0 saturated carbocycles. The summed E-state index contributed by atoms with van der Waals surface area (Å²) < 4.78 is 1.84. The van der Waals surface area contributed by atoms with E-state index < -0.39 is 0 Å². The molecular formula is C13H16N4O2. The van der Waals surface area contributed by atoms with Crippen LogP contribution in [0.3, 0.4) is 0 Å². The topological polar surface area (TPSA) is 73.0 Å². The average molecular weight is 260 g/mol. The van der Waals surface area contributed by atoms with E-state index in [1.54, 1.807) is 19.2 Å². The van der Waals surface area contributed by atoms with E-state index in [9.17, 15) is 10.1 Å². The van der Waals surface area contributed by atoms with Gasteiger partial charge in [0.2, 0.25) is 0 Å². The SMILES string of the molecule is CNc1ccc(Cn2nc(C)cc2C)cc1[N+](=O)[O-]. The maximum absolute atomic E-state index is 11.0. The first-order valence-corrected chi connectivity index (χ1v) is 5.97. The molecule has 19 heavy (non-hydrogen) atoms. The van der Waals surface area contributed by atoms with Crippen LogP contribution in [-0.2, 0) is 6.54 Å². The zero-order chi connectivity index (χ0) is 14.0. The van der Waals surface area contributed by atoms with Crippen LogP contribution in [0.4, 0.5) is 11.4 Å². The van der Waals surface area contributed by atoms with E-state index >= 15 is 0 Å². The van der Waals surface area contributed by atoms with Gasteiger partial charge in [0.1, 0.15) is 5.69 Å². The first kappa shape index (κ1) is 13.1. The molecule has 2 aromatic rings. The Balaban J connectivity index is 2.33. The van der Waals surface area contributed by atoms with E-state index in [2.05, 4.69) is 10.4 Å². The van der Waals surface area contributed by atoms with Crippen LogP contribution in [0.5, 0.6) is 0 Å². The van der Waals surface area contributed by atoms with Crippen LogP contribution in [-0.4, -0.2) is 21.8 Å². The van der Waals surface area contributed by atoms with Crippen LogP contribution in [0.25, 0.3) is 0 Å². The molecule has 1 aromatic carbocycles. The Kier molecular flexibility index (Phi) is 3.50. The zero-order valence-corrected chi connectivity index (χ0v) is 11.2. The van der Waals surface area contributed by atoms with Crippen LogP contribution in [0, 0.1) is 24.0 Å². The summed E-state index contributed by atoms with van der Waals surface area (Å²) in [5.41, 5.74) is 3.44. The highest BCUT2D eigenvalue weighted by Crippen LogP contribution is 2.25. The van der Waals surface area contributed by atoms with Gasteiger partial charge in [-0.3, -0.25) is 14.8 Å². The molecule has 6 heteroatoms. The van der Waals surface area contributed by atoms with Crippen molar-refractivity contribution in [3.63, 3.8) is 0 Å². The first-order chi connectivity index (χ1) is 9.01. The third-order valence-corrected chi connectivity index (χ3v) is 2.96. The van der Waals surface area contributed by atoms with Crippen LogP contribution >= 0.6 is 0 Å². The molecule has 100 valence electrons. The van der Waals surface area contributed by atoms with Gasteiger partial charge < -0.3 is 5.32 Å². The second kappa shape index (κ2) is 5.09. The van der Waals surface area contributed by atoms with Crippen molar-refractivity contribution in [3.05, 3.63) is 51.3 Å². The number of nitrogens with zero attached hydrogens (tertiary/aromatic N) is 3. The van der Waals surface area contributed by atoms with E-state index in [1.807, 2.05) is 30.7 Å². The highest BCUT2D eigenvalue weighted by Gasteiger charge is 2.14. The monoisotopic (exact) mass is 260 g/mol. The minimum atomic E-state index is -0.378. The number of rotatable bonds is 4. The Hall–Kier alpha value is -2.37. The average Bonchev–Trinajstić information content (AvgIpc) is 2.67.